The minimum atomic E-state index is -2.96. The molecule has 1 aliphatic rings. The van der Waals surface area contributed by atoms with E-state index in [0.717, 1.165) is 5.56 Å². The first kappa shape index (κ1) is 31.8. The van der Waals surface area contributed by atoms with Crippen LogP contribution < -0.4 is 5.32 Å². The molecule has 3 heterocycles. The first-order chi connectivity index (χ1) is 21.7. The summed E-state index contributed by atoms with van der Waals surface area (Å²) in [7, 11) is -3.90. The van der Waals surface area contributed by atoms with Gasteiger partial charge < -0.3 is 19.7 Å². The summed E-state index contributed by atoms with van der Waals surface area (Å²) in [6, 6.07) is 17.3. The van der Waals surface area contributed by atoms with Crippen molar-refractivity contribution in [2.24, 2.45) is 4.36 Å². The van der Waals surface area contributed by atoms with E-state index in [9.17, 15) is 23.1 Å². The van der Waals surface area contributed by atoms with Gasteiger partial charge in [-0.05, 0) is 62.4 Å². The molecular weight excluding hydrogens is 613 g/mol. The first-order valence-corrected chi connectivity index (χ1v) is 17.4. The molecular formula is C33H32N4O6S2. The summed E-state index contributed by atoms with van der Waals surface area (Å²) in [6.45, 7) is 3.45. The first-order valence-electron chi connectivity index (χ1n) is 14.3. The van der Waals surface area contributed by atoms with E-state index < -0.39 is 26.4 Å². The van der Waals surface area contributed by atoms with E-state index in [2.05, 4.69) is 31.4 Å². The number of aromatic nitrogens is 1. The number of nitrogens with zero attached hydrogens (tertiary/aromatic N) is 3. The summed E-state index contributed by atoms with van der Waals surface area (Å²) in [6.07, 6.45) is 5.13. The highest BCUT2D eigenvalue weighted by Crippen LogP contribution is 2.23. The van der Waals surface area contributed by atoms with Crippen molar-refractivity contribution < 1.29 is 27.5 Å². The number of anilines is 1. The van der Waals surface area contributed by atoms with Crippen molar-refractivity contribution in [1.29, 1.82) is 0 Å². The number of aromatic hydroxyl groups is 1. The molecule has 0 bridgehead atoms. The highest BCUT2D eigenvalue weighted by Gasteiger charge is 2.21. The van der Waals surface area contributed by atoms with Crippen molar-refractivity contribution in [3.05, 3.63) is 107 Å². The van der Waals surface area contributed by atoms with Gasteiger partial charge in [0.2, 0.25) is 0 Å². The zero-order valence-electron chi connectivity index (χ0n) is 24.6. The van der Waals surface area contributed by atoms with Gasteiger partial charge in [-0.3, -0.25) is 14.6 Å². The van der Waals surface area contributed by atoms with Crippen molar-refractivity contribution in [2.45, 2.75) is 18.2 Å². The number of rotatable bonds is 8. The average molecular weight is 645 g/mol. The number of phenolic OH excluding ortho intramolecular Hbond substituents is 1. The quantitative estimate of drug-likeness (QED) is 0.268. The minimum absolute atomic E-state index is 0.0666. The number of para-hydroxylation sites is 1. The molecule has 2 amide bonds. The highest BCUT2D eigenvalue weighted by atomic mass is 32.2. The van der Waals surface area contributed by atoms with Crippen LogP contribution in [0.3, 0.4) is 0 Å². The molecule has 5 rings (SSSR count). The summed E-state index contributed by atoms with van der Waals surface area (Å²) in [5.41, 5.74) is 2.73. The number of benzene rings is 2. The molecule has 0 aliphatic carbocycles. The topological polar surface area (TPSA) is 142 Å². The lowest BCUT2D eigenvalue weighted by Gasteiger charge is -2.26. The van der Waals surface area contributed by atoms with Crippen LogP contribution in [0.1, 0.15) is 44.0 Å². The summed E-state index contributed by atoms with van der Waals surface area (Å²) >= 11 is 0. The number of pyridine rings is 1. The molecule has 12 heteroatoms. The van der Waals surface area contributed by atoms with Crippen LogP contribution in [0, 0.1) is 18.8 Å². The van der Waals surface area contributed by atoms with Crippen LogP contribution in [-0.2, 0) is 20.5 Å². The number of hydrogen-bond donors (Lipinski definition) is 2. The molecule has 1 saturated heterocycles. The van der Waals surface area contributed by atoms with E-state index in [1.807, 2.05) is 0 Å². The Morgan fingerprint density at radius 1 is 1.04 bits per heavy atom. The molecule has 2 N–H and O–H groups in total. The summed E-state index contributed by atoms with van der Waals surface area (Å²) < 4.78 is 33.2. The normalized spacial score (nSPS) is 15.1. The number of phenols is 1. The van der Waals surface area contributed by atoms with Gasteiger partial charge in [0, 0.05) is 53.6 Å². The summed E-state index contributed by atoms with van der Waals surface area (Å²) in [4.78, 5) is 32.7. The SMILES string of the molecule is Cc1ccoc1C(=O)Nc1cccc(C#Cc2cncc(C(=O)N=S(CCCN3CCS(=O)(=O)CC3)c3ccccc3O)c2)c1. The van der Waals surface area contributed by atoms with Crippen molar-refractivity contribution in [2.75, 3.05) is 42.2 Å². The standard InChI is InChI=1S/C33H32N4O6S2/c1-24-12-16-43-31(24)33(40)35-28-7-4-6-25(21-28)10-11-26-20-27(23-34-22-26)32(39)36-44(30-9-3-2-8-29(30)38)17-5-13-37-14-18-45(41,42)19-15-37/h2-4,6-9,12,16,20-23,38H,5,13-15,17-19H2,1H3,(H,35,40). The molecule has 2 aromatic heterocycles. The number of sulfone groups is 1. The Morgan fingerprint density at radius 2 is 1.82 bits per heavy atom. The average Bonchev–Trinajstić information content (AvgIpc) is 3.47. The third-order valence-electron chi connectivity index (χ3n) is 7.09. The lowest BCUT2D eigenvalue weighted by molar-refractivity contribution is 0.0991. The number of carbonyl (C=O) groups is 2. The van der Waals surface area contributed by atoms with Gasteiger partial charge >= 0.3 is 0 Å². The van der Waals surface area contributed by atoms with Crippen LogP contribution in [0.2, 0.25) is 0 Å². The monoisotopic (exact) mass is 644 g/mol. The molecule has 1 atom stereocenters. The molecule has 4 aromatic rings. The molecule has 0 spiro atoms. The van der Waals surface area contributed by atoms with E-state index >= 15 is 0 Å². The Labute approximate surface area is 264 Å². The molecule has 1 aliphatic heterocycles. The number of nitrogens with one attached hydrogen (secondary N) is 1. The van der Waals surface area contributed by atoms with Crippen LogP contribution in [0.4, 0.5) is 5.69 Å². The van der Waals surface area contributed by atoms with Crippen LogP contribution >= 0.6 is 0 Å². The van der Waals surface area contributed by atoms with E-state index in [0.29, 0.717) is 53.5 Å². The van der Waals surface area contributed by atoms with Crippen LogP contribution in [0.25, 0.3) is 0 Å². The maximum Gasteiger partial charge on any atom is 0.291 e. The Morgan fingerprint density at radius 3 is 2.58 bits per heavy atom. The second-order valence-electron chi connectivity index (χ2n) is 10.5. The van der Waals surface area contributed by atoms with E-state index in [-0.39, 0.29) is 34.5 Å². The maximum atomic E-state index is 13.3. The van der Waals surface area contributed by atoms with Gasteiger partial charge in [-0.1, -0.05) is 40.7 Å². The predicted octanol–water partition coefficient (Wildman–Crippen LogP) is 4.46. The number of hydrogen-bond acceptors (Lipinski definition) is 8. The van der Waals surface area contributed by atoms with Gasteiger partial charge in [0.15, 0.2) is 15.6 Å². The van der Waals surface area contributed by atoms with Gasteiger partial charge in [-0.2, -0.15) is 4.36 Å². The van der Waals surface area contributed by atoms with Crippen molar-refractivity contribution >= 4 is 38.0 Å². The van der Waals surface area contributed by atoms with Gasteiger partial charge in [-0.15, -0.1) is 0 Å². The molecule has 232 valence electrons. The molecule has 2 aromatic carbocycles. The molecule has 1 unspecified atom stereocenters. The third-order valence-corrected chi connectivity index (χ3v) is 10.6. The minimum Gasteiger partial charge on any atom is -0.507 e. The lowest BCUT2D eigenvalue weighted by atomic mass is 10.1. The zero-order valence-corrected chi connectivity index (χ0v) is 26.2. The molecule has 1 fully saturated rings. The zero-order chi connectivity index (χ0) is 31.8. The fourth-order valence-electron chi connectivity index (χ4n) is 4.65. The highest BCUT2D eigenvalue weighted by molar-refractivity contribution is 7.91. The van der Waals surface area contributed by atoms with Gasteiger partial charge in [0.05, 0.1) is 28.2 Å². The Bertz CT molecular complexity index is 1910. The van der Waals surface area contributed by atoms with Crippen LogP contribution in [-0.4, -0.2) is 72.1 Å². The second-order valence-corrected chi connectivity index (χ2v) is 14.5. The van der Waals surface area contributed by atoms with E-state index in [1.54, 1.807) is 73.8 Å². The summed E-state index contributed by atoms with van der Waals surface area (Å²) in [5.74, 6) is 6.38. The Balaban J connectivity index is 1.29. The van der Waals surface area contributed by atoms with Crippen molar-refractivity contribution in [3.8, 4) is 17.6 Å². The lowest BCUT2D eigenvalue weighted by Crippen LogP contribution is -2.40. The Kier molecular flexibility index (Phi) is 10.2. The van der Waals surface area contributed by atoms with Crippen molar-refractivity contribution in [3.63, 3.8) is 0 Å². The van der Waals surface area contributed by atoms with E-state index in [4.69, 9.17) is 4.42 Å². The summed E-state index contributed by atoms with van der Waals surface area (Å²) in [5, 5.41) is 13.3. The van der Waals surface area contributed by atoms with Crippen LogP contribution in [0.15, 0.2) is 93.0 Å². The molecule has 0 radical (unpaired) electrons. The smallest absolute Gasteiger partial charge is 0.291 e. The van der Waals surface area contributed by atoms with Crippen molar-refractivity contribution in [1.82, 2.24) is 9.88 Å². The number of amides is 2. The molecule has 45 heavy (non-hydrogen) atoms. The van der Waals surface area contributed by atoms with Gasteiger partial charge in [0.25, 0.3) is 11.8 Å². The maximum absolute atomic E-state index is 13.3. The predicted molar refractivity (Wildman–Crippen MR) is 173 cm³/mol. The fraction of sp³-hybridized carbons (Fsp3) is 0.242. The number of aryl methyl sites for hydroxylation is 1. The van der Waals surface area contributed by atoms with Crippen LogP contribution in [0.5, 0.6) is 5.75 Å². The third kappa shape index (κ3) is 8.76. The largest absolute Gasteiger partial charge is 0.507 e. The van der Waals surface area contributed by atoms with E-state index in [1.165, 1.54) is 12.5 Å². The number of furan rings is 1. The molecule has 10 nitrogen and oxygen atoms in total. The van der Waals surface area contributed by atoms with Gasteiger partial charge in [0.1, 0.15) is 5.75 Å². The molecule has 0 saturated carbocycles. The fourth-order valence-corrected chi connectivity index (χ4v) is 7.59. The number of carbonyl (C=O) groups excluding carboxylic acids is 2. The Hall–Kier alpha value is -4.57. The second kappa shape index (κ2) is 14.5. The van der Waals surface area contributed by atoms with Gasteiger partial charge in [-0.25, -0.2) is 8.42 Å².